The molecule has 0 spiro atoms. The molecule has 4 N–H and O–H groups in total. The van der Waals surface area contributed by atoms with Gasteiger partial charge in [-0.3, -0.25) is 10.1 Å². The number of hydrogen-bond acceptors (Lipinski definition) is 7. The standard InChI is InChI=1S/C11H7BrN6O2/c12-7-2-1-5(3-8(7)18(19)20)9-6(4-13)10(14)17-11(15)16-9/h1-3H,(H4,14,15,16,17). The predicted octanol–water partition coefficient (Wildman–Crippen LogP) is 1.85. The van der Waals surface area contributed by atoms with Gasteiger partial charge in [0.2, 0.25) is 5.95 Å². The minimum absolute atomic E-state index is 0.0239. The molecular weight excluding hydrogens is 328 g/mol. The van der Waals surface area contributed by atoms with Gasteiger partial charge < -0.3 is 11.5 Å². The molecule has 0 radical (unpaired) electrons. The maximum Gasteiger partial charge on any atom is 0.284 e. The highest BCUT2D eigenvalue weighted by Gasteiger charge is 2.18. The molecule has 0 fully saturated rings. The molecule has 0 saturated carbocycles. The molecule has 0 aliphatic carbocycles. The maximum absolute atomic E-state index is 10.9. The fourth-order valence-corrected chi connectivity index (χ4v) is 2.01. The van der Waals surface area contributed by atoms with Crippen LogP contribution in [0.1, 0.15) is 5.56 Å². The largest absolute Gasteiger partial charge is 0.382 e. The quantitative estimate of drug-likeness (QED) is 0.629. The van der Waals surface area contributed by atoms with E-state index in [4.69, 9.17) is 16.7 Å². The molecule has 0 bridgehead atoms. The van der Waals surface area contributed by atoms with Crippen LogP contribution in [0.15, 0.2) is 22.7 Å². The molecule has 0 unspecified atom stereocenters. The van der Waals surface area contributed by atoms with Crippen LogP contribution in [0.2, 0.25) is 0 Å². The van der Waals surface area contributed by atoms with Gasteiger partial charge in [-0.25, -0.2) is 4.98 Å². The summed E-state index contributed by atoms with van der Waals surface area (Å²) in [6.45, 7) is 0. The smallest absolute Gasteiger partial charge is 0.284 e. The van der Waals surface area contributed by atoms with Gasteiger partial charge in [-0.05, 0) is 22.0 Å². The lowest BCUT2D eigenvalue weighted by atomic mass is 10.1. The van der Waals surface area contributed by atoms with Crippen LogP contribution in [0.3, 0.4) is 0 Å². The number of anilines is 2. The third-order valence-electron chi connectivity index (χ3n) is 2.48. The van der Waals surface area contributed by atoms with Crippen molar-refractivity contribution in [2.75, 3.05) is 11.5 Å². The zero-order valence-electron chi connectivity index (χ0n) is 9.87. The monoisotopic (exact) mass is 334 g/mol. The van der Waals surface area contributed by atoms with Crippen LogP contribution >= 0.6 is 15.9 Å². The average molecular weight is 335 g/mol. The number of nitrogens with zero attached hydrogens (tertiary/aromatic N) is 4. The Morgan fingerprint density at radius 2 is 2.05 bits per heavy atom. The summed E-state index contributed by atoms with van der Waals surface area (Å²) in [5.41, 5.74) is 11.5. The van der Waals surface area contributed by atoms with Crippen LogP contribution in [-0.4, -0.2) is 14.9 Å². The van der Waals surface area contributed by atoms with E-state index in [9.17, 15) is 10.1 Å². The summed E-state index contributed by atoms with van der Waals surface area (Å²) in [6.07, 6.45) is 0. The van der Waals surface area contributed by atoms with Crippen LogP contribution in [0.5, 0.6) is 0 Å². The first-order valence-electron chi connectivity index (χ1n) is 5.21. The highest BCUT2D eigenvalue weighted by atomic mass is 79.9. The zero-order valence-corrected chi connectivity index (χ0v) is 11.5. The van der Waals surface area contributed by atoms with Crippen LogP contribution in [0, 0.1) is 21.4 Å². The molecule has 2 rings (SSSR count). The molecule has 8 nitrogen and oxygen atoms in total. The minimum atomic E-state index is -0.548. The third kappa shape index (κ3) is 2.36. The number of rotatable bonds is 2. The van der Waals surface area contributed by atoms with E-state index in [1.807, 2.05) is 6.07 Å². The third-order valence-corrected chi connectivity index (χ3v) is 3.15. The molecule has 1 heterocycles. The summed E-state index contributed by atoms with van der Waals surface area (Å²) in [7, 11) is 0. The van der Waals surface area contributed by atoms with Crippen molar-refractivity contribution in [1.82, 2.24) is 9.97 Å². The van der Waals surface area contributed by atoms with E-state index in [0.717, 1.165) is 0 Å². The van der Waals surface area contributed by atoms with E-state index in [1.54, 1.807) is 6.07 Å². The Labute approximate surface area is 121 Å². The summed E-state index contributed by atoms with van der Waals surface area (Å²) < 4.78 is 0.319. The summed E-state index contributed by atoms with van der Waals surface area (Å²) in [4.78, 5) is 18.0. The van der Waals surface area contributed by atoms with Crippen molar-refractivity contribution in [3.05, 3.63) is 38.3 Å². The van der Waals surface area contributed by atoms with Crippen molar-refractivity contribution in [2.45, 2.75) is 0 Å². The number of nitrogens with two attached hydrogens (primary N) is 2. The van der Waals surface area contributed by atoms with E-state index in [-0.39, 0.29) is 28.7 Å². The van der Waals surface area contributed by atoms with E-state index in [0.29, 0.717) is 10.0 Å². The molecule has 2 aromatic rings. The van der Waals surface area contributed by atoms with Crippen molar-refractivity contribution in [2.24, 2.45) is 0 Å². The average Bonchev–Trinajstić information content (AvgIpc) is 2.38. The van der Waals surface area contributed by atoms with Gasteiger partial charge in [0.25, 0.3) is 5.69 Å². The van der Waals surface area contributed by atoms with Gasteiger partial charge in [0.15, 0.2) is 0 Å². The summed E-state index contributed by atoms with van der Waals surface area (Å²) in [5, 5.41) is 20.0. The van der Waals surface area contributed by atoms with Gasteiger partial charge in [0.1, 0.15) is 17.5 Å². The highest BCUT2D eigenvalue weighted by molar-refractivity contribution is 9.10. The van der Waals surface area contributed by atoms with Gasteiger partial charge in [-0.2, -0.15) is 10.2 Å². The molecule has 9 heteroatoms. The van der Waals surface area contributed by atoms with Gasteiger partial charge >= 0.3 is 0 Å². The van der Waals surface area contributed by atoms with Gasteiger partial charge in [0, 0.05) is 11.6 Å². The van der Waals surface area contributed by atoms with E-state index in [1.165, 1.54) is 12.1 Å². The first-order valence-corrected chi connectivity index (χ1v) is 6.00. The van der Waals surface area contributed by atoms with Crippen LogP contribution in [-0.2, 0) is 0 Å². The molecule has 1 aromatic heterocycles. The van der Waals surface area contributed by atoms with Crippen molar-refractivity contribution < 1.29 is 4.92 Å². The fraction of sp³-hybridized carbons (Fsp3) is 0. The fourth-order valence-electron chi connectivity index (χ4n) is 1.62. The number of nitrogen functional groups attached to an aromatic ring is 2. The van der Waals surface area contributed by atoms with Gasteiger partial charge in [-0.1, -0.05) is 6.07 Å². The Morgan fingerprint density at radius 3 is 2.65 bits per heavy atom. The van der Waals surface area contributed by atoms with Crippen molar-refractivity contribution >= 4 is 33.4 Å². The first kappa shape index (κ1) is 13.7. The lowest BCUT2D eigenvalue weighted by Gasteiger charge is -2.07. The topological polar surface area (TPSA) is 145 Å². The van der Waals surface area contributed by atoms with E-state index >= 15 is 0 Å². The molecule has 1 aromatic carbocycles. The number of nitriles is 1. The molecule has 0 aliphatic rings. The summed E-state index contributed by atoms with van der Waals surface area (Å²) in [5.74, 6) is -0.178. The number of nitro groups is 1. The molecule has 0 amide bonds. The zero-order chi connectivity index (χ0) is 14.9. The number of nitro benzene ring substituents is 1. The Morgan fingerprint density at radius 1 is 1.35 bits per heavy atom. The van der Waals surface area contributed by atoms with E-state index < -0.39 is 4.92 Å². The molecule has 20 heavy (non-hydrogen) atoms. The number of hydrogen-bond donors (Lipinski definition) is 2. The second kappa shape index (κ2) is 5.10. The highest BCUT2D eigenvalue weighted by Crippen LogP contribution is 2.32. The van der Waals surface area contributed by atoms with Crippen LogP contribution in [0.25, 0.3) is 11.3 Å². The number of aromatic nitrogens is 2. The molecule has 100 valence electrons. The SMILES string of the molecule is N#Cc1c(N)nc(N)nc1-c1ccc(Br)c([N+](=O)[O-])c1. The molecular formula is C11H7BrN6O2. The molecule has 0 saturated heterocycles. The number of benzene rings is 1. The van der Waals surface area contributed by atoms with Crippen molar-refractivity contribution in [3.8, 4) is 17.3 Å². The Bertz CT molecular complexity index is 755. The Balaban J connectivity index is 2.72. The predicted molar refractivity (Wildman–Crippen MR) is 75.4 cm³/mol. The van der Waals surface area contributed by atoms with E-state index in [2.05, 4.69) is 25.9 Å². The molecule has 0 aliphatic heterocycles. The minimum Gasteiger partial charge on any atom is -0.382 e. The molecule has 0 atom stereocenters. The Hall–Kier alpha value is -2.73. The second-order valence-corrected chi connectivity index (χ2v) is 4.58. The number of halogens is 1. The second-order valence-electron chi connectivity index (χ2n) is 3.73. The van der Waals surface area contributed by atoms with Crippen LogP contribution in [0.4, 0.5) is 17.5 Å². The Kier molecular flexibility index (Phi) is 3.49. The lowest BCUT2D eigenvalue weighted by Crippen LogP contribution is -2.05. The summed E-state index contributed by atoms with van der Waals surface area (Å²) in [6, 6.07) is 6.21. The maximum atomic E-state index is 10.9. The van der Waals surface area contributed by atoms with Gasteiger partial charge in [0.05, 0.1) is 15.1 Å². The van der Waals surface area contributed by atoms with Gasteiger partial charge in [-0.15, -0.1) is 0 Å². The van der Waals surface area contributed by atoms with Crippen molar-refractivity contribution in [1.29, 1.82) is 5.26 Å². The first-order chi connectivity index (χ1) is 9.43. The van der Waals surface area contributed by atoms with Crippen molar-refractivity contribution in [3.63, 3.8) is 0 Å². The summed E-state index contributed by atoms with van der Waals surface area (Å²) >= 11 is 3.08. The van der Waals surface area contributed by atoms with Crippen LogP contribution < -0.4 is 11.5 Å². The normalized spacial score (nSPS) is 10.0. The lowest BCUT2D eigenvalue weighted by molar-refractivity contribution is -0.385.